The minimum absolute atomic E-state index is 0.0921. The molecule has 0 saturated heterocycles. The molecule has 3 aromatic rings. The molecule has 0 fully saturated rings. The number of benzene rings is 3. The lowest BCUT2D eigenvalue weighted by atomic mass is 10.1. The molecule has 5 nitrogen and oxygen atoms in total. The molecule has 1 unspecified atom stereocenters. The van der Waals surface area contributed by atoms with Crippen LogP contribution in [-0.2, 0) is 6.54 Å². The summed E-state index contributed by atoms with van der Waals surface area (Å²) in [5, 5.41) is 12.2. The maximum Gasteiger partial charge on any atom is 0.461 e. The Balaban J connectivity index is 1.87. The highest BCUT2D eigenvalue weighted by Crippen LogP contribution is 2.30. The van der Waals surface area contributed by atoms with Crippen LogP contribution in [0.15, 0.2) is 72.8 Å². The molecule has 0 aromatic heterocycles. The van der Waals surface area contributed by atoms with Crippen molar-refractivity contribution in [2.45, 2.75) is 31.4 Å². The summed E-state index contributed by atoms with van der Waals surface area (Å²) in [4.78, 5) is 13.5. The maximum atomic E-state index is 13.3. The van der Waals surface area contributed by atoms with Gasteiger partial charge < -0.3 is 20.1 Å². The molecule has 2 N–H and O–H groups in total. The molecule has 0 radical (unpaired) electrons. The number of ether oxygens (including phenoxy) is 1. The number of rotatable bonds is 10. The molecule has 0 aliphatic heterocycles. The molecule has 0 aliphatic carbocycles. The normalized spacial score (nSPS) is 12.8. The quantitative estimate of drug-likeness (QED) is 0.295. The number of nitrogens with one attached hydrogen (secondary N) is 1. The van der Waals surface area contributed by atoms with E-state index in [4.69, 9.17) is 0 Å². The van der Waals surface area contributed by atoms with Crippen LogP contribution < -0.4 is 15.0 Å². The summed E-state index contributed by atoms with van der Waals surface area (Å²) in [6.45, 7) is -1.38. The smallest absolute Gasteiger partial charge is 0.428 e. The van der Waals surface area contributed by atoms with Crippen LogP contribution in [0.1, 0.15) is 15.9 Å². The second kappa shape index (κ2) is 11.7. The SMILES string of the molecule is O=C(Nc1cccc(N(Cc2cccc(OC(F)(F)C(F)F)c2)CC(O)C(F)(F)F)c1)c1ccc(F)cc1. The monoisotopic (exact) mass is 548 g/mol. The Morgan fingerprint density at radius 1 is 0.947 bits per heavy atom. The van der Waals surface area contributed by atoms with Crippen molar-refractivity contribution in [1.82, 2.24) is 0 Å². The van der Waals surface area contributed by atoms with Crippen molar-refractivity contribution >= 4 is 17.3 Å². The van der Waals surface area contributed by atoms with Crippen LogP contribution in [0.25, 0.3) is 0 Å². The average molecular weight is 548 g/mol. The molecule has 204 valence electrons. The molecule has 1 atom stereocenters. The zero-order valence-electron chi connectivity index (χ0n) is 19.2. The van der Waals surface area contributed by atoms with Gasteiger partial charge in [0.1, 0.15) is 11.6 Å². The van der Waals surface area contributed by atoms with Gasteiger partial charge in [0.05, 0.1) is 6.54 Å². The fraction of sp³-hybridized carbons (Fsp3) is 0.240. The van der Waals surface area contributed by atoms with Crippen LogP contribution in [0.5, 0.6) is 5.75 Å². The second-order valence-electron chi connectivity index (χ2n) is 8.06. The number of hydrogen-bond donors (Lipinski definition) is 2. The van der Waals surface area contributed by atoms with Crippen LogP contribution in [0.3, 0.4) is 0 Å². The van der Waals surface area contributed by atoms with Crippen LogP contribution in [-0.4, -0.2) is 42.4 Å². The molecule has 0 saturated carbocycles. The Kier molecular flexibility index (Phi) is 8.82. The number of amides is 1. The van der Waals surface area contributed by atoms with Crippen LogP contribution in [0.2, 0.25) is 0 Å². The van der Waals surface area contributed by atoms with Gasteiger partial charge in [0.25, 0.3) is 5.91 Å². The standard InChI is InChI=1S/C25H20F8N2O3/c26-17-9-7-16(8-10-17)22(37)34-18-4-2-5-19(12-18)35(14-21(36)24(29,30)31)13-15-3-1-6-20(11-15)38-25(32,33)23(27)28/h1-12,21,23,36H,13-14H2,(H,34,37). The van der Waals surface area contributed by atoms with Crippen molar-refractivity contribution in [2.24, 2.45) is 0 Å². The topological polar surface area (TPSA) is 61.8 Å². The summed E-state index contributed by atoms with van der Waals surface area (Å²) >= 11 is 0. The van der Waals surface area contributed by atoms with Crippen molar-refractivity contribution in [2.75, 3.05) is 16.8 Å². The second-order valence-corrected chi connectivity index (χ2v) is 8.06. The zero-order valence-corrected chi connectivity index (χ0v) is 19.2. The summed E-state index contributed by atoms with van der Waals surface area (Å²) in [6, 6.07) is 14.6. The van der Waals surface area contributed by atoms with Gasteiger partial charge in [-0.25, -0.2) is 4.39 Å². The molecule has 38 heavy (non-hydrogen) atoms. The number of aliphatic hydroxyl groups excluding tert-OH is 1. The summed E-state index contributed by atoms with van der Waals surface area (Å²) in [5.74, 6) is -1.84. The maximum absolute atomic E-state index is 13.3. The van der Waals surface area contributed by atoms with Crippen molar-refractivity contribution in [3.05, 3.63) is 89.7 Å². The number of hydrogen-bond acceptors (Lipinski definition) is 4. The summed E-state index contributed by atoms with van der Waals surface area (Å²) < 4.78 is 108. The van der Waals surface area contributed by atoms with Gasteiger partial charge in [-0.15, -0.1) is 0 Å². The predicted octanol–water partition coefficient (Wildman–Crippen LogP) is 6.24. The summed E-state index contributed by atoms with van der Waals surface area (Å²) in [5.41, 5.74) is 0.452. The molecule has 0 bridgehead atoms. The number of halogens is 8. The Labute approximate surface area is 211 Å². The molecule has 13 heteroatoms. The lowest BCUT2D eigenvalue weighted by Crippen LogP contribution is -2.41. The van der Waals surface area contributed by atoms with Gasteiger partial charge in [0, 0.05) is 23.5 Å². The molecule has 0 heterocycles. The minimum atomic E-state index is -4.99. The third kappa shape index (κ3) is 7.81. The van der Waals surface area contributed by atoms with E-state index >= 15 is 0 Å². The Bertz CT molecular complexity index is 1240. The van der Waals surface area contributed by atoms with Crippen LogP contribution >= 0.6 is 0 Å². The fourth-order valence-corrected chi connectivity index (χ4v) is 3.29. The number of aliphatic hydroxyl groups is 1. The van der Waals surface area contributed by atoms with Crippen molar-refractivity contribution in [1.29, 1.82) is 0 Å². The van der Waals surface area contributed by atoms with E-state index in [1.165, 1.54) is 48.5 Å². The van der Waals surface area contributed by atoms with Gasteiger partial charge in [-0.05, 0) is 60.2 Å². The third-order valence-corrected chi connectivity index (χ3v) is 5.13. The van der Waals surface area contributed by atoms with E-state index in [1.54, 1.807) is 0 Å². The van der Waals surface area contributed by atoms with Gasteiger partial charge >= 0.3 is 18.7 Å². The highest BCUT2D eigenvalue weighted by molar-refractivity contribution is 6.04. The van der Waals surface area contributed by atoms with Crippen LogP contribution in [0, 0.1) is 5.82 Å². The Morgan fingerprint density at radius 2 is 1.61 bits per heavy atom. The van der Waals surface area contributed by atoms with Crippen molar-refractivity contribution < 1.29 is 49.8 Å². The van der Waals surface area contributed by atoms with E-state index in [-0.39, 0.29) is 29.0 Å². The van der Waals surface area contributed by atoms with Gasteiger partial charge in [-0.1, -0.05) is 18.2 Å². The zero-order chi connectivity index (χ0) is 28.1. The predicted molar refractivity (Wildman–Crippen MR) is 122 cm³/mol. The van der Waals surface area contributed by atoms with E-state index < -0.39 is 48.8 Å². The number of carbonyl (C=O) groups is 1. The highest BCUT2D eigenvalue weighted by atomic mass is 19.4. The van der Waals surface area contributed by atoms with Gasteiger partial charge in [0.2, 0.25) is 0 Å². The first-order chi connectivity index (χ1) is 17.7. The molecule has 0 spiro atoms. The van der Waals surface area contributed by atoms with E-state index in [0.717, 1.165) is 29.2 Å². The third-order valence-electron chi connectivity index (χ3n) is 5.13. The van der Waals surface area contributed by atoms with Gasteiger partial charge in [-0.2, -0.15) is 30.7 Å². The van der Waals surface area contributed by atoms with E-state index in [0.29, 0.717) is 0 Å². The highest BCUT2D eigenvalue weighted by Gasteiger charge is 2.44. The van der Waals surface area contributed by atoms with Crippen molar-refractivity contribution in [3.63, 3.8) is 0 Å². The van der Waals surface area contributed by atoms with E-state index in [9.17, 15) is 45.0 Å². The molecule has 3 aromatic carbocycles. The first-order valence-corrected chi connectivity index (χ1v) is 10.9. The first kappa shape index (κ1) is 28.7. The Hall–Kier alpha value is -3.87. The largest absolute Gasteiger partial charge is 0.461 e. The number of nitrogens with zero attached hydrogens (tertiary/aromatic N) is 1. The summed E-state index contributed by atoms with van der Waals surface area (Å²) in [6.07, 6.45) is -16.7. The molecule has 3 rings (SSSR count). The van der Waals surface area contributed by atoms with Crippen LogP contribution in [0.4, 0.5) is 46.5 Å². The summed E-state index contributed by atoms with van der Waals surface area (Å²) in [7, 11) is 0. The lowest BCUT2D eigenvalue weighted by Gasteiger charge is -2.29. The number of alkyl halides is 7. The first-order valence-electron chi connectivity index (χ1n) is 10.9. The fourth-order valence-electron chi connectivity index (χ4n) is 3.29. The number of carbonyl (C=O) groups excluding carboxylic acids is 1. The van der Waals surface area contributed by atoms with Gasteiger partial charge in [-0.3, -0.25) is 4.79 Å². The average Bonchev–Trinajstić information content (AvgIpc) is 2.83. The molecular formula is C25H20F8N2O3. The van der Waals surface area contributed by atoms with Gasteiger partial charge in [0.15, 0.2) is 6.10 Å². The number of anilines is 2. The molecule has 1 amide bonds. The van der Waals surface area contributed by atoms with Crippen molar-refractivity contribution in [3.8, 4) is 5.75 Å². The minimum Gasteiger partial charge on any atom is -0.428 e. The van der Waals surface area contributed by atoms with E-state index in [2.05, 4.69) is 10.1 Å². The molecule has 0 aliphatic rings. The Morgan fingerprint density at radius 3 is 2.24 bits per heavy atom. The lowest BCUT2D eigenvalue weighted by molar-refractivity contribution is -0.253. The van der Waals surface area contributed by atoms with E-state index in [1.807, 2.05) is 0 Å². The molecular weight excluding hydrogens is 528 g/mol.